The van der Waals surface area contributed by atoms with Crippen LogP contribution in [0.3, 0.4) is 0 Å². The van der Waals surface area contributed by atoms with E-state index in [1.54, 1.807) is 6.08 Å². The Morgan fingerprint density at radius 1 is 0.514 bits per heavy atom. The highest BCUT2D eigenvalue weighted by Gasteiger charge is 2.51. The van der Waals surface area contributed by atoms with Crippen LogP contribution in [0.5, 0.6) is 0 Å². The summed E-state index contributed by atoms with van der Waals surface area (Å²) in [5.41, 5.74) is 0. The Hall–Kier alpha value is -2.57. The molecule has 0 aromatic heterocycles. The van der Waals surface area contributed by atoms with Crippen LogP contribution in [0.4, 0.5) is 0 Å². The lowest BCUT2D eigenvalue weighted by molar-refractivity contribution is -0.359. The second-order valence-electron chi connectivity index (χ2n) is 19.7. The maximum atomic E-state index is 13.2. The van der Waals surface area contributed by atoms with E-state index in [1.165, 1.54) is 109 Å². The summed E-state index contributed by atoms with van der Waals surface area (Å²) in [7, 11) is 0. The molecule has 0 saturated carbocycles. The summed E-state index contributed by atoms with van der Waals surface area (Å²) in [5, 5.41) is 86.9. The number of hydrogen-bond acceptors (Lipinski definition) is 13. The maximum absolute atomic E-state index is 13.2. The van der Waals surface area contributed by atoms with E-state index in [1.807, 2.05) is 12.2 Å². The van der Waals surface area contributed by atoms with Crippen LogP contribution in [-0.2, 0) is 23.7 Å². The number of unbranched alkanes of at least 4 members (excludes halogenated alkanes) is 20. The smallest absolute Gasteiger partial charge is 0.220 e. The number of carbonyl (C=O) groups is 1. The van der Waals surface area contributed by atoms with Crippen molar-refractivity contribution in [1.82, 2.24) is 5.32 Å². The quantitative estimate of drug-likeness (QED) is 0.0206. The van der Waals surface area contributed by atoms with Gasteiger partial charge in [-0.15, -0.1) is 0 Å². The Balaban J connectivity index is 1.83. The summed E-state index contributed by atoms with van der Waals surface area (Å²) in [6.07, 6.45) is 39.4. The fourth-order valence-corrected chi connectivity index (χ4v) is 8.86. The van der Waals surface area contributed by atoms with Crippen molar-refractivity contribution in [2.24, 2.45) is 0 Å². The lowest BCUT2D eigenvalue weighted by atomic mass is 9.97. The topological polar surface area (TPSA) is 228 Å². The minimum atomic E-state index is -1.80. The first kappa shape index (κ1) is 65.5. The molecule has 0 aromatic carbocycles. The molecule has 14 nitrogen and oxygen atoms in total. The maximum Gasteiger partial charge on any atom is 0.220 e. The SMILES string of the molecule is CC/C=C\C/C=C\C/C=C\C/C=C\C/C=C\CCCC(=O)NC(COC1OC(CO)C(OC2OC(CO)C(O)C(O)C2O)C(O)C1O)C(O)/C=C/CCCCCCCCCCCCCCCCCCCCC. The van der Waals surface area contributed by atoms with Gasteiger partial charge in [0.2, 0.25) is 5.91 Å². The van der Waals surface area contributed by atoms with Crippen LogP contribution in [0, 0.1) is 0 Å². The van der Waals surface area contributed by atoms with Crippen molar-refractivity contribution in [3.8, 4) is 0 Å². The van der Waals surface area contributed by atoms with Crippen molar-refractivity contribution in [2.75, 3.05) is 19.8 Å². The van der Waals surface area contributed by atoms with E-state index in [0.29, 0.717) is 12.8 Å². The fraction of sp³-hybridized carbons (Fsp3) is 0.776. The number of hydrogen-bond donors (Lipinski definition) is 9. The van der Waals surface area contributed by atoms with Gasteiger partial charge in [0.05, 0.1) is 32.0 Å². The number of rotatable bonds is 43. The summed E-state index contributed by atoms with van der Waals surface area (Å²) >= 11 is 0. The molecule has 2 heterocycles. The molecule has 1 amide bonds. The van der Waals surface area contributed by atoms with E-state index < -0.39 is 86.8 Å². The first-order valence-electron chi connectivity index (χ1n) is 28.2. The average Bonchev–Trinajstić information content (AvgIpc) is 3.38. The second-order valence-corrected chi connectivity index (χ2v) is 19.7. The van der Waals surface area contributed by atoms with E-state index in [0.717, 1.165) is 51.4 Å². The lowest BCUT2D eigenvalue weighted by Crippen LogP contribution is -2.65. The Morgan fingerprint density at radius 3 is 1.46 bits per heavy atom. The van der Waals surface area contributed by atoms with Crippen LogP contribution in [0.25, 0.3) is 0 Å². The van der Waals surface area contributed by atoms with Crippen LogP contribution in [-0.4, -0.2) is 140 Å². The van der Waals surface area contributed by atoms with Gasteiger partial charge in [-0.3, -0.25) is 4.79 Å². The van der Waals surface area contributed by atoms with E-state index in [-0.39, 0.29) is 18.9 Å². The Bertz CT molecular complexity index is 1480. The van der Waals surface area contributed by atoms with Gasteiger partial charge in [-0.1, -0.05) is 202 Å². The standard InChI is InChI=1S/C58H101NO13/c1-3-5-7-9-11-13-15-17-19-21-22-23-24-26-27-29-31-33-35-37-39-41-47(62)46(59-50(63)42-40-38-36-34-32-30-28-25-20-18-16-14-12-10-8-6-4-2)45-69-57-55(68)53(66)56(49(44-61)71-57)72-58-54(67)52(65)51(64)48(43-60)70-58/h6,8,12,14,18,20,28,30,34,36,39,41,46-49,51-58,60-62,64-68H,3-5,7,9-11,13,15-17,19,21-27,29,31-33,35,37-38,40,42-45H2,1-2H3,(H,59,63)/b8-6-,14-12-,20-18-,30-28-,36-34-,41-39+. The summed E-state index contributed by atoms with van der Waals surface area (Å²) in [4.78, 5) is 13.2. The summed E-state index contributed by atoms with van der Waals surface area (Å²) in [6, 6.07) is -0.948. The number of aliphatic hydroxyl groups excluding tert-OH is 8. The number of allylic oxidation sites excluding steroid dienone is 11. The average molecular weight is 1020 g/mol. The first-order chi connectivity index (χ1) is 35.1. The molecule has 9 N–H and O–H groups in total. The molecule has 2 rings (SSSR count). The molecule has 0 spiro atoms. The molecule has 2 aliphatic rings. The highest BCUT2D eigenvalue weighted by Crippen LogP contribution is 2.30. The van der Waals surface area contributed by atoms with Crippen molar-refractivity contribution in [3.05, 3.63) is 72.9 Å². The zero-order chi connectivity index (χ0) is 52.4. The molecule has 2 aliphatic heterocycles. The Kier molecular flexibility index (Phi) is 39.7. The Morgan fingerprint density at radius 2 is 0.958 bits per heavy atom. The number of carbonyl (C=O) groups excluding carboxylic acids is 1. The van der Waals surface area contributed by atoms with Crippen molar-refractivity contribution >= 4 is 5.91 Å². The first-order valence-corrected chi connectivity index (χ1v) is 28.2. The predicted molar refractivity (Wildman–Crippen MR) is 286 cm³/mol. The number of ether oxygens (including phenoxy) is 4. The van der Waals surface area contributed by atoms with Crippen LogP contribution in [0.1, 0.15) is 194 Å². The molecule has 14 heteroatoms. The minimum absolute atomic E-state index is 0.200. The number of amides is 1. The van der Waals surface area contributed by atoms with Gasteiger partial charge >= 0.3 is 0 Å². The fourth-order valence-electron chi connectivity index (χ4n) is 8.86. The van der Waals surface area contributed by atoms with Crippen LogP contribution in [0.2, 0.25) is 0 Å². The number of nitrogens with one attached hydrogen (secondary N) is 1. The second kappa shape index (κ2) is 43.6. The Labute approximate surface area is 434 Å². The third-order valence-electron chi connectivity index (χ3n) is 13.4. The van der Waals surface area contributed by atoms with E-state index in [2.05, 4.69) is 73.8 Å². The molecule has 12 unspecified atom stereocenters. The molecular weight excluding hydrogens is 919 g/mol. The van der Waals surface area contributed by atoms with Gasteiger partial charge in [0.1, 0.15) is 48.8 Å². The molecule has 0 bridgehead atoms. The molecular formula is C58H101NO13. The van der Waals surface area contributed by atoms with Gasteiger partial charge in [0, 0.05) is 6.42 Å². The minimum Gasteiger partial charge on any atom is -0.394 e. The van der Waals surface area contributed by atoms with Crippen molar-refractivity contribution in [3.63, 3.8) is 0 Å². The third-order valence-corrected chi connectivity index (χ3v) is 13.4. The van der Waals surface area contributed by atoms with E-state index >= 15 is 0 Å². The van der Waals surface area contributed by atoms with Gasteiger partial charge in [0.15, 0.2) is 12.6 Å². The molecule has 72 heavy (non-hydrogen) atoms. The van der Waals surface area contributed by atoms with E-state index in [9.17, 15) is 45.6 Å². The zero-order valence-corrected chi connectivity index (χ0v) is 44.4. The van der Waals surface area contributed by atoms with Gasteiger partial charge in [-0.2, -0.15) is 0 Å². The monoisotopic (exact) mass is 1020 g/mol. The summed E-state index contributed by atoms with van der Waals surface area (Å²) in [6.45, 7) is 2.64. The van der Waals surface area contributed by atoms with Crippen molar-refractivity contribution < 1.29 is 64.6 Å². The highest BCUT2D eigenvalue weighted by molar-refractivity contribution is 5.76. The van der Waals surface area contributed by atoms with Gasteiger partial charge in [-0.25, -0.2) is 0 Å². The highest BCUT2D eigenvalue weighted by atomic mass is 16.7. The lowest BCUT2D eigenvalue weighted by Gasteiger charge is -2.46. The molecule has 0 aromatic rings. The van der Waals surface area contributed by atoms with Gasteiger partial charge in [0.25, 0.3) is 0 Å². The molecule has 2 saturated heterocycles. The zero-order valence-electron chi connectivity index (χ0n) is 44.4. The molecule has 0 radical (unpaired) electrons. The molecule has 12 atom stereocenters. The largest absolute Gasteiger partial charge is 0.394 e. The summed E-state index contributed by atoms with van der Waals surface area (Å²) in [5.74, 6) is -0.298. The third kappa shape index (κ3) is 29.5. The van der Waals surface area contributed by atoms with Gasteiger partial charge < -0.3 is 65.1 Å². The molecule has 2 fully saturated rings. The normalized spacial score (nSPS) is 26.1. The van der Waals surface area contributed by atoms with Crippen molar-refractivity contribution in [1.29, 1.82) is 0 Å². The molecule has 0 aliphatic carbocycles. The van der Waals surface area contributed by atoms with Crippen LogP contribution < -0.4 is 5.32 Å². The van der Waals surface area contributed by atoms with Crippen LogP contribution in [0.15, 0.2) is 72.9 Å². The van der Waals surface area contributed by atoms with E-state index in [4.69, 9.17) is 18.9 Å². The predicted octanol–water partition coefficient (Wildman–Crippen LogP) is 8.77. The number of aliphatic hydroxyl groups is 8. The molecule has 416 valence electrons. The van der Waals surface area contributed by atoms with Crippen LogP contribution >= 0.6 is 0 Å². The van der Waals surface area contributed by atoms with Gasteiger partial charge in [-0.05, 0) is 57.8 Å². The van der Waals surface area contributed by atoms with Crippen molar-refractivity contribution in [2.45, 2.75) is 267 Å². The summed E-state index contributed by atoms with van der Waals surface area (Å²) < 4.78 is 22.7.